The second-order valence-electron chi connectivity index (χ2n) is 7.86. The van der Waals surface area contributed by atoms with E-state index in [-0.39, 0.29) is 5.63 Å². The van der Waals surface area contributed by atoms with E-state index in [1.807, 2.05) is 18.2 Å². The quantitative estimate of drug-likeness (QED) is 0.411. The average molecular weight is 407 g/mol. The molecule has 0 unspecified atom stereocenters. The maximum Gasteiger partial charge on any atom is 0.336 e. The van der Waals surface area contributed by atoms with Crippen LogP contribution < -0.4 is 15.3 Å². The van der Waals surface area contributed by atoms with Crippen molar-refractivity contribution >= 4 is 16.7 Å². The molecule has 1 fully saturated rings. The maximum absolute atomic E-state index is 11.8. The van der Waals surface area contributed by atoms with Gasteiger partial charge in [0.15, 0.2) is 0 Å². The molecule has 1 saturated heterocycles. The van der Waals surface area contributed by atoms with Crippen molar-refractivity contribution in [2.24, 2.45) is 0 Å². The second kappa shape index (κ2) is 9.81. The standard InChI is InChI=1S/C25H30N2O3/c1-2-7-20-18-25(28)30-24-19-22(10-11-23(20)24)29-17-6-12-26-13-15-27(16-14-26)21-8-4-3-5-9-21/h3-5,8-11,18-19H,2,6-7,12-17H2,1H3. The molecule has 0 amide bonds. The van der Waals surface area contributed by atoms with Gasteiger partial charge >= 0.3 is 5.63 Å². The topological polar surface area (TPSA) is 45.9 Å². The lowest BCUT2D eigenvalue weighted by Crippen LogP contribution is -2.46. The summed E-state index contributed by atoms with van der Waals surface area (Å²) in [5, 5.41) is 1.00. The summed E-state index contributed by atoms with van der Waals surface area (Å²) >= 11 is 0. The summed E-state index contributed by atoms with van der Waals surface area (Å²) in [5.74, 6) is 0.758. The molecule has 5 nitrogen and oxygen atoms in total. The van der Waals surface area contributed by atoms with Gasteiger partial charge in [0, 0.05) is 55.9 Å². The average Bonchev–Trinajstić information content (AvgIpc) is 2.77. The van der Waals surface area contributed by atoms with Crippen LogP contribution in [0.2, 0.25) is 0 Å². The number of rotatable bonds is 8. The molecule has 0 aliphatic carbocycles. The van der Waals surface area contributed by atoms with E-state index in [0.717, 1.165) is 68.7 Å². The molecule has 0 radical (unpaired) electrons. The minimum Gasteiger partial charge on any atom is -0.493 e. The van der Waals surface area contributed by atoms with Crippen molar-refractivity contribution in [3.63, 3.8) is 0 Å². The van der Waals surface area contributed by atoms with Crippen molar-refractivity contribution in [2.45, 2.75) is 26.2 Å². The van der Waals surface area contributed by atoms with Crippen LogP contribution in [0.4, 0.5) is 5.69 Å². The van der Waals surface area contributed by atoms with E-state index in [1.165, 1.54) is 5.69 Å². The maximum atomic E-state index is 11.8. The highest BCUT2D eigenvalue weighted by Crippen LogP contribution is 2.23. The number of ether oxygens (including phenoxy) is 1. The summed E-state index contributed by atoms with van der Waals surface area (Å²) < 4.78 is 11.3. The molecule has 0 N–H and O–H groups in total. The predicted octanol–water partition coefficient (Wildman–Crippen LogP) is 4.34. The molecule has 3 aromatic rings. The fraction of sp³-hybridized carbons (Fsp3) is 0.400. The van der Waals surface area contributed by atoms with Crippen LogP contribution in [0.3, 0.4) is 0 Å². The van der Waals surface area contributed by atoms with Gasteiger partial charge in [-0.15, -0.1) is 0 Å². The van der Waals surface area contributed by atoms with Crippen LogP contribution in [0.1, 0.15) is 25.3 Å². The van der Waals surface area contributed by atoms with Gasteiger partial charge in [0.05, 0.1) is 6.61 Å². The van der Waals surface area contributed by atoms with E-state index in [9.17, 15) is 4.79 Å². The molecule has 1 aliphatic rings. The van der Waals surface area contributed by atoms with Gasteiger partial charge in [-0.3, -0.25) is 4.90 Å². The normalized spacial score (nSPS) is 14.9. The predicted molar refractivity (Wildman–Crippen MR) is 122 cm³/mol. The summed E-state index contributed by atoms with van der Waals surface area (Å²) in [6.07, 6.45) is 2.85. The van der Waals surface area contributed by atoms with Crippen molar-refractivity contribution in [1.29, 1.82) is 0 Å². The monoisotopic (exact) mass is 406 g/mol. The smallest absolute Gasteiger partial charge is 0.336 e. The molecule has 1 aliphatic heterocycles. The molecule has 5 heteroatoms. The minimum atomic E-state index is -0.294. The molecule has 0 bridgehead atoms. The molecule has 0 atom stereocenters. The van der Waals surface area contributed by atoms with E-state index < -0.39 is 0 Å². The zero-order valence-corrected chi connectivity index (χ0v) is 17.7. The van der Waals surface area contributed by atoms with Gasteiger partial charge in [-0.05, 0) is 42.7 Å². The van der Waals surface area contributed by atoms with Crippen molar-refractivity contribution in [3.05, 3.63) is 70.6 Å². The molecular weight excluding hydrogens is 376 g/mol. The summed E-state index contributed by atoms with van der Waals surface area (Å²) in [4.78, 5) is 16.8. The molecule has 0 spiro atoms. The largest absolute Gasteiger partial charge is 0.493 e. The van der Waals surface area contributed by atoms with E-state index in [4.69, 9.17) is 9.15 Å². The van der Waals surface area contributed by atoms with Crippen molar-refractivity contribution in [2.75, 3.05) is 44.2 Å². The first-order chi connectivity index (χ1) is 14.7. The Morgan fingerprint density at radius 3 is 2.57 bits per heavy atom. The first-order valence-corrected chi connectivity index (χ1v) is 10.9. The number of piperazine rings is 1. The Morgan fingerprint density at radius 2 is 1.80 bits per heavy atom. The number of hydrogen-bond donors (Lipinski definition) is 0. The Labute approximate surface area is 177 Å². The number of anilines is 1. The van der Waals surface area contributed by atoms with Crippen molar-refractivity contribution in [3.8, 4) is 5.75 Å². The SMILES string of the molecule is CCCc1cc(=O)oc2cc(OCCCN3CCN(c4ccccc4)CC3)ccc12. The van der Waals surface area contributed by atoms with Gasteiger partial charge in [-0.1, -0.05) is 31.5 Å². The van der Waals surface area contributed by atoms with E-state index in [2.05, 4.69) is 47.1 Å². The van der Waals surface area contributed by atoms with E-state index >= 15 is 0 Å². The van der Waals surface area contributed by atoms with E-state index in [0.29, 0.717) is 12.2 Å². The third kappa shape index (κ3) is 5.03. The Balaban J connectivity index is 1.25. The fourth-order valence-electron chi connectivity index (χ4n) is 4.12. The Kier molecular flexibility index (Phi) is 6.70. The van der Waals surface area contributed by atoms with Crippen LogP contribution >= 0.6 is 0 Å². The second-order valence-corrected chi connectivity index (χ2v) is 7.86. The van der Waals surface area contributed by atoms with Crippen LogP contribution in [0, 0.1) is 0 Å². The molecule has 0 saturated carbocycles. The van der Waals surface area contributed by atoms with Crippen LogP contribution in [0.15, 0.2) is 63.8 Å². The van der Waals surface area contributed by atoms with Gasteiger partial charge in [0.2, 0.25) is 0 Å². The number of hydrogen-bond acceptors (Lipinski definition) is 5. The van der Waals surface area contributed by atoms with Gasteiger partial charge in [0.25, 0.3) is 0 Å². The summed E-state index contributed by atoms with van der Waals surface area (Å²) in [6, 6.07) is 18.0. The van der Waals surface area contributed by atoms with Crippen molar-refractivity contribution < 1.29 is 9.15 Å². The first kappa shape index (κ1) is 20.5. The highest BCUT2D eigenvalue weighted by molar-refractivity contribution is 5.81. The van der Waals surface area contributed by atoms with Gasteiger partial charge < -0.3 is 14.1 Å². The molecule has 1 aromatic heterocycles. The molecule has 2 heterocycles. The lowest BCUT2D eigenvalue weighted by Gasteiger charge is -2.36. The van der Waals surface area contributed by atoms with Crippen LogP contribution in [0.25, 0.3) is 11.0 Å². The summed E-state index contributed by atoms with van der Waals surface area (Å²) in [7, 11) is 0. The van der Waals surface area contributed by atoms with Crippen LogP contribution in [-0.4, -0.2) is 44.2 Å². The third-order valence-corrected chi connectivity index (χ3v) is 5.70. The highest BCUT2D eigenvalue weighted by Gasteiger charge is 2.16. The molecule has 30 heavy (non-hydrogen) atoms. The molecular formula is C25H30N2O3. The van der Waals surface area contributed by atoms with Gasteiger partial charge in [-0.2, -0.15) is 0 Å². The minimum absolute atomic E-state index is 0.294. The van der Waals surface area contributed by atoms with Crippen molar-refractivity contribution in [1.82, 2.24) is 4.90 Å². The number of benzene rings is 2. The van der Waals surface area contributed by atoms with Crippen LogP contribution in [0.5, 0.6) is 5.75 Å². The van der Waals surface area contributed by atoms with Crippen LogP contribution in [-0.2, 0) is 6.42 Å². The fourth-order valence-corrected chi connectivity index (χ4v) is 4.12. The summed E-state index contributed by atoms with van der Waals surface area (Å²) in [6.45, 7) is 8.09. The highest BCUT2D eigenvalue weighted by atomic mass is 16.5. The Hall–Kier alpha value is -2.79. The Morgan fingerprint density at radius 1 is 1.00 bits per heavy atom. The molecule has 2 aromatic carbocycles. The molecule has 158 valence electrons. The third-order valence-electron chi connectivity index (χ3n) is 5.70. The number of aryl methyl sites for hydroxylation is 1. The Bertz CT molecular complexity index is 1010. The lowest BCUT2D eigenvalue weighted by molar-refractivity contribution is 0.225. The zero-order valence-electron chi connectivity index (χ0n) is 17.7. The zero-order chi connectivity index (χ0) is 20.8. The number of fused-ring (bicyclic) bond motifs is 1. The van der Waals surface area contributed by atoms with Gasteiger partial charge in [0.1, 0.15) is 11.3 Å². The molecule has 4 rings (SSSR count). The lowest BCUT2D eigenvalue weighted by atomic mass is 10.1. The summed E-state index contributed by atoms with van der Waals surface area (Å²) in [5.41, 5.74) is 2.67. The number of para-hydroxylation sites is 1. The van der Waals surface area contributed by atoms with Gasteiger partial charge in [-0.25, -0.2) is 4.79 Å². The number of nitrogens with zero attached hydrogens (tertiary/aromatic N) is 2. The first-order valence-electron chi connectivity index (χ1n) is 10.9. The van der Waals surface area contributed by atoms with E-state index in [1.54, 1.807) is 6.07 Å².